The minimum atomic E-state index is -0.950. The maximum atomic E-state index is 10.3. The first-order valence-electron chi connectivity index (χ1n) is 39.1. The van der Waals surface area contributed by atoms with E-state index in [0.29, 0.717) is 26.1 Å². The van der Waals surface area contributed by atoms with Crippen LogP contribution >= 0.6 is 0 Å². The highest BCUT2D eigenvalue weighted by molar-refractivity contribution is 5.67. The van der Waals surface area contributed by atoms with Crippen molar-refractivity contribution in [2.24, 2.45) is 0 Å². The molecule has 0 amide bonds. The van der Waals surface area contributed by atoms with E-state index in [2.05, 4.69) is 44.6 Å². The lowest BCUT2D eigenvalue weighted by Crippen LogP contribution is -2.20. The van der Waals surface area contributed by atoms with Gasteiger partial charge >= 0.3 is 17.9 Å². The van der Waals surface area contributed by atoms with Crippen molar-refractivity contribution in [2.45, 2.75) is 440 Å². The molecular weight excluding hydrogens is 1170 g/mol. The Morgan fingerprint density at radius 3 is 0.624 bits per heavy atom. The molecule has 0 aliphatic heterocycles. The fourth-order valence-corrected chi connectivity index (χ4v) is 10.2. The summed E-state index contributed by atoms with van der Waals surface area (Å²) in [5.41, 5.74) is 0. The van der Waals surface area contributed by atoms with E-state index in [1.165, 1.54) is 341 Å². The van der Waals surface area contributed by atoms with Gasteiger partial charge in [-0.05, 0) is 51.4 Å². The van der Waals surface area contributed by atoms with Crippen molar-refractivity contribution in [1.29, 1.82) is 0 Å². The van der Waals surface area contributed by atoms with Gasteiger partial charge in [0.2, 0.25) is 0 Å². The number of carboxylic acids is 4. The Kier molecular flexibility index (Phi) is 114. The zero-order valence-corrected chi connectivity index (χ0v) is 62.5. The van der Waals surface area contributed by atoms with E-state index in [-0.39, 0.29) is 13.2 Å². The smallest absolute Gasteiger partial charge is 0.303 e. The van der Waals surface area contributed by atoms with Crippen LogP contribution in [0.15, 0.2) is 12.2 Å². The SMILES string of the molecule is CC(=O)O.CC(=O)O.CC(=O)OCC(O)CO.CCCCCCCC/C=C\CCCCCCCCO.CCCCCCCCCCCCCCCCCC(=O)O.CCCCCCCCCCCCCCCCCC(=O)O.CCCCCCCCCCCCCCCCO. The van der Waals surface area contributed by atoms with Crippen LogP contribution in [0.25, 0.3) is 0 Å². The number of carbonyl (C=O) groups excluding carboxylic acids is 1. The van der Waals surface area contributed by atoms with Crippen molar-refractivity contribution in [3.8, 4) is 0 Å². The van der Waals surface area contributed by atoms with Crippen LogP contribution in [-0.2, 0) is 28.7 Å². The fraction of sp³-hybridized carbons (Fsp3) is 0.911. The van der Waals surface area contributed by atoms with Crippen LogP contribution in [0.3, 0.4) is 0 Å². The van der Waals surface area contributed by atoms with Crippen LogP contribution in [0, 0.1) is 0 Å². The molecule has 0 saturated heterocycles. The fourth-order valence-electron chi connectivity index (χ4n) is 10.2. The largest absolute Gasteiger partial charge is 0.481 e. The molecule has 0 aromatic rings. The van der Waals surface area contributed by atoms with Gasteiger partial charge in [0.05, 0.1) is 6.61 Å². The first-order chi connectivity index (χ1) is 45.0. The second-order valence-corrected chi connectivity index (χ2v) is 25.8. The molecule has 0 aromatic carbocycles. The number of hydrogen-bond acceptors (Lipinski definition) is 10. The normalized spacial score (nSPS) is 10.8. The molecule has 0 heterocycles. The summed E-state index contributed by atoms with van der Waals surface area (Å²) in [6.45, 7) is 12.7. The van der Waals surface area contributed by atoms with Crippen molar-refractivity contribution in [2.75, 3.05) is 26.4 Å². The van der Waals surface area contributed by atoms with Crippen LogP contribution in [0.1, 0.15) is 434 Å². The lowest BCUT2D eigenvalue weighted by molar-refractivity contribution is -0.144. The third kappa shape index (κ3) is 146. The van der Waals surface area contributed by atoms with Crippen molar-refractivity contribution < 1.29 is 69.6 Å². The number of esters is 1. The second-order valence-electron chi connectivity index (χ2n) is 25.8. The number of rotatable bonds is 64. The average Bonchev–Trinajstić information content (AvgIpc) is 3.55. The molecule has 1 atom stereocenters. The van der Waals surface area contributed by atoms with E-state index in [4.69, 9.17) is 50.4 Å². The summed E-state index contributed by atoms with van der Waals surface area (Å²) < 4.78 is 4.35. The molecule has 0 spiro atoms. The third-order valence-corrected chi connectivity index (χ3v) is 15.9. The lowest BCUT2D eigenvalue weighted by atomic mass is 10.0. The zero-order valence-electron chi connectivity index (χ0n) is 62.5. The number of aliphatic hydroxyl groups excluding tert-OH is 4. The summed E-state index contributed by atoms with van der Waals surface area (Å²) in [5.74, 6) is -3.43. The maximum Gasteiger partial charge on any atom is 0.303 e. The van der Waals surface area contributed by atoms with Gasteiger partial charge in [0.1, 0.15) is 12.7 Å². The Hall–Kier alpha value is -3.07. The molecular formula is C79H160O14. The van der Waals surface area contributed by atoms with Crippen LogP contribution in [0.4, 0.5) is 0 Å². The van der Waals surface area contributed by atoms with E-state index < -0.39 is 36.0 Å². The Balaban J connectivity index is -0.000000196. The molecule has 0 saturated carbocycles. The topological polar surface area (TPSA) is 256 Å². The Labute approximate surface area is 575 Å². The van der Waals surface area contributed by atoms with Crippen molar-refractivity contribution >= 4 is 29.8 Å². The molecule has 0 fully saturated rings. The van der Waals surface area contributed by atoms with E-state index in [1.54, 1.807) is 0 Å². The Morgan fingerprint density at radius 2 is 0.462 bits per heavy atom. The van der Waals surface area contributed by atoms with Gasteiger partial charge in [0.25, 0.3) is 11.9 Å². The van der Waals surface area contributed by atoms with Gasteiger partial charge < -0.3 is 45.6 Å². The minimum absolute atomic E-state index is 0.133. The van der Waals surface area contributed by atoms with Crippen LogP contribution in [0.5, 0.6) is 0 Å². The molecule has 14 nitrogen and oxygen atoms in total. The first kappa shape index (κ1) is 103. The van der Waals surface area contributed by atoms with Gasteiger partial charge in [-0.3, -0.25) is 24.0 Å². The molecule has 0 radical (unpaired) electrons. The van der Waals surface area contributed by atoms with E-state index in [9.17, 15) is 14.4 Å². The van der Waals surface area contributed by atoms with Gasteiger partial charge in [-0.2, -0.15) is 0 Å². The number of hydrogen-bond donors (Lipinski definition) is 8. The summed E-state index contributed by atoms with van der Waals surface area (Å²) in [4.78, 5) is 48.7. The Bertz CT molecular complexity index is 1330. The molecule has 8 N–H and O–H groups in total. The summed E-state index contributed by atoms with van der Waals surface area (Å²) in [6.07, 6.45) is 81.9. The van der Waals surface area contributed by atoms with Gasteiger partial charge in [-0.25, -0.2) is 0 Å². The number of carboxylic acid groups (broad SMARTS) is 4. The molecule has 0 aliphatic carbocycles. The predicted octanol–water partition coefficient (Wildman–Crippen LogP) is 23.2. The van der Waals surface area contributed by atoms with Gasteiger partial charge in [-0.1, -0.05) is 361 Å². The maximum absolute atomic E-state index is 10.3. The molecule has 93 heavy (non-hydrogen) atoms. The predicted molar refractivity (Wildman–Crippen MR) is 395 cm³/mol. The number of aliphatic hydroxyl groups is 4. The first-order valence-corrected chi connectivity index (χ1v) is 39.1. The van der Waals surface area contributed by atoms with Crippen molar-refractivity contribution in [3.63, 3.8) is 0 Å². The van der Waals surface area contributed by atoms with Crippen molar-refractivity contribution in [1.82, 2.24) is 0 Å². The molecule has 560 valence electrons. The standard InChI is InChI=1S/2C18H36O2.C18H36O.C16H34O.C5H10O4.2C2H4O2/c2*1-2-3-4-5-6-7-8-9-10-11-12-13-14-15-16-17-18(19)20;1-2-3-4-5-6-7-8-9-10-11-12-13-14-15-16-17-18-19;1-2-3-4-5-6-7-8-9-10-11-12-13-14-15-16-17;1-4(7)9-3-5(8)2-6;2*1-2(3)4/h2*2-17H2,1H3,(H,19,20);9-10,19H,2-8,11-18H2,1H3;17H,2-16H2,1H3;5-6,8H,2-3H2,1H3;2*1H3,(H,3,4)/b;;10-9-;;;;. The van der Waals surface area contributed by atoms with E-state index in [0.717, 1.165) is 52.4 Å². The molecule has 14 heteroatoms. The number of allylic oxidation sites excluding steroid dienone is 2. The summed E-state index contributed by atoms with van der Waals surface area (Å²) in [7, 11) is 0. The highest BCUT2D eigenvalue weighted by atomic mass is 16.5. The highest BCUT2D eigenvalue weighted by Crippen LogP contribution is 2.17. The molecule has 0 rings (SSSR count). The number of aliphatic carboxylic acids is 4. The monoisotopic (exact) mass is 1330 g/mol. The van der Waals surface area contributed by atoms with Crippen LogP contribution in [-0.4, -0.2) is 103 Å². The van der Waals surface area contributed by atoms with Gasteiger partial charge in [0.15, 0.2) is 0 Å². The summed E-state index contributed by atoms with van der Waals surface area (Å²) in [5, 5.41) is 66.0. The number of ether oxygens (including phenoxy) is 1. The average molecular weight is 1330 g/mol. The highest BCUT2D eigenvalue weighted by Gasteiger charge is 2.03. The zero-order chi connectivity index (χ0) is 70.8. The van der Waals surface area contributed by atoms with Crippen molar-refractivity contribution in [3.05, 3.63) is 12.2 Å². The molecule has 0 aliphatic rings. The van der Waals surface area contributed by atoms with Crippen LogP contribution in [0.2, 0.25) is 0 Å². The molecule has 0 bridgehead atoms. The summed E-state index contributed by atoms with van der Waals surface area (Å²) >= 11 is 0. The number of unbranched alkanes of at least 4 members (excludes halogenated alkanes) is 53. The van der Waals surface area contributed by atoms with Gasteiger partial charge in [-0.15, -0.1) is 0 Å². The minimum Gasteiger partial charge on any atom is -0.481 e. The molecule has 1 unspecified atom stereocenters. The number of carbonyl (C=O) groups is 5. The lowest BCUT2D eigenvalue weighted by Gasteiger charge is -2.05. The van der Waals surface area contributed by atoms with Gasteiger partial charge in [0, 0.05) is 46.8 Å². The molecule has 0 aromatic heterocycles. The summed E-state index contributed by atoms with van der Waals surface area (Å²) in [6, 6.07) is 0. The Morgan fingerprint density at radius 1 is 0.290 bits per heavy atom. The second kappa shape index (κ2) is 102. The van der Waals surface area contributed by atoms with E-state index in [1.807, 2.05) is 0 Å². The third-order valence-electron chi connectivity index (χ3n) is 15.9. The van der Waals surface area contributed by atoms with Crippen LogP contribution < -0.4 is 0 Å². The van der Waals surface area contributed by atoms with E-state index >= 15 is 0 Å². The quantitative estimate of drug-likeness (QED) is 0.0160.